The Kier molecular flexibility index (Phi) is 9.13. The Balaban J connectivity index is 1.85. The standard InChI is InChI=1S/C21H24Cl3N3OS2/c1-10-11(2)13(4)15(14(5)12(10)3)8-30-9-20(28)26-27-21(29)25-19-7-17(23)16(22)6-18(19)24/h6-7H,8-9H2,1-5H3,(H,26,28)(H2,25,27,29). The Morgan fingerprint density at radius 1 is 0.867 bits per heavy atom. The van der Waals surface area contributed by atoms with E-state index in [4.69, 9.17) is 47.0 Å². The van der Waals surface area contributed by atoms with E-state index < -0.39 is 0 Å². The van der Waals surface area contributed by atoms with Crippen LogP contribution >= 0.6 is 58.8 Å². The molecule has 0 aliphatic heterocycles. The lowest BCUT2D eigenvalue weighted by molar-refractivity contribution is -0.119. The molecule has 0 unspecified atom stereocenters. The maximum atomic E-state index is 12.2. The Labute approximate surface area is 202 Å². The van der Waals surface area contributed by atoms with Gasteiger partial charge in [-0.1, -0.05) is 34.8 Å². The molecule has 2 rings (SSSR count). The fourth-order valence-electron chi connectivity index (χ4n) is 2.97. The average molecular weight is 505 g/mol. The predicted octanol–water partition coefficient (Wildman–Crippen LogP) is 6.44. The summed E-state index contributed by atoms with van der Waals surface area (Å²) in [5.41, 5.74) is 13.6. The van der Waals surface area contributed by atoms with Crippen LogP contribution in [-0.4, -0.2) is 16.8 Å². The number of halogens is 3. The molecule has 0 radical (unpaired) electrons. The molecular weight excluding hydrogens is 481 g/mol. The first-order valence-corrected chi connectivity index (χ1v) is 11.9. The van der Waals surface area contributed by atoms with Gasteiger partial charge in [-0.25, -0.2) is 0 Å². The molecule has 0 aliphatic rings. The molecule has 1 amide bonds. The summed E-state index contributed by atoms with van der Waals surface area (Å²) in [4.78, 5) is 12.2. The lowest BCUT2D eigenvalue weighted by Gasteiger charge is -2.18. The molecule has 30 heavy (non-hydrogen) atoms. The van der Waals surface area contributed by atoms with Crippen molar-refractivity contribution in [1.29, 1.82) is 0 Å². The number of rotatable bonds is 5. The van der Waals surface area contributed by atoms with E-state index in [-0.39, 0.29) is 11.0 Å². The van der Waals surface area contributed by atoms with Crippen LogP contribution in [0.5, 0.6) is 0 Å². The number of carbonyl (C=O) groups excluding carboxylic acids is 1. The van der Waals surface area contributed by atoms with Crippen molar-refractivity contribution in [2.75, 3.05) is 11.1 Å². The smallest absolute Gasteiger partial charge is 0.248 e. The lowest BCUT2D eigenvalue weighted by atomic mass is 9.90. The molecule has 2 aromatic carbocycles. The fourth-order valence-corrected chi connectivity index (χ4v) is 4.73. The van der Waals surface area contributed by atoms with Crippen LogP contribution in [0.3, 0.4) is 0 Å². The van der Waals surface area contributed by atoms with Crippen LogP contribution in [0.4, 0.5) is 5.69 Å². The van der Waals surface area contributed by atoms with E-state index >= 15 is 0 Å². The van der Waals surface area contributed by atoms with Crippen molar-refractivity contribution in [3.63, 3.8) is 0 Å². The van der Waals surface area contributed by atoms with Gasteiger partial charge in [0.25, 0.3) is 0 Å². The SMILES string of the molecule is Cc1c(C)c(C)c(CSCC(=O)NNC(=S)Nc2cc(Cl)c(Cl)cc2Cl)c(C)c1C. The number of hydrazine groups is 1. The topological polar surface area (TPSA) is 53.2 Å². The third kappa shape index (κ3) is 6.17. The quantitative estimate of drug-likeness (QED) is 0.248. The zero-order valence-electron chi connectivity index (χ0n) is 17.4. The summed E-state index contributed by atoms with van der Waals surface area (Å²) in [6.45, 7) is 10.7. The molecule has 0 spiro atoms. The number of benzene rings is 2. The Bertz CT molecular complexity index is 967. The monoisotopic (exact) mass is 503 g/mol. The minimum atomic E-state index is -0.180. The lowest BCUT2D eigenvalue weighted by Crippen LogP contribution is -2.44. The van der Waals surface area contributed by atoms with Crippen LogP contribution in [0.1, 0.15) is 33.4 Å². The summed E-state index contributed by atoms with van der Waals surface area (Å²) in [6, 6.07) is 3.08. The van der Waals surface area contributed by atoms with Crippen LogP contribution in [0.15, 0.2) is 12.1 Å². The first-order valence-electron chi connectivity index (χ1n) is 9.16. The van der Waals surface area contributed by atoms with Gasteiger partial charge in [-0.15, -0.1) is 11.8 Å². The van der Waals surface area contributed by atoms with Crippen LogP contribution in [0, 0.1) is 34.6 Å². The van der Waals surface area contributed by atoms with Crippen molar-refractivity contribution in [2.45, 2.75) is 40.4 Å². The first kappa shape index (κ1) is 25.1. The van der Waals surface area contributed by atoms with Crippen molar-refractivity contribution < 1.29 is 4.79 Å². The van der Waals surface area contributed by atoms with E-state index in [9.17, 15) is 4.79 Å². The molecule has 2 aromatic rings. The summed E-state index contributed by atoms with van der Waals surface area (Å²) >= 11 is 24.7. The highest BCUT2D eigenvalue weighted by Gasteiger charge is 2.13. The molecule has 162 valence electrons. The van der Waals surface area contributed by atoms with E-state index in [1.54, 1.807) is 17.8 Å². The molecule has 0 saturated carbocycles. The van der Waals surface area contributed by atoms with Crippen LogP contribution in [0.25, 0.3) is 0 Å². The van der Waals surface area contributed by atoms with Gasteiger partial charge in [-0.3, -0.25) is 15.6 Å². The first-order chi connectivity index (χ1) is 14.0. The van der Waals surface area contributed by atoms with E-state index in [0.29, 0.717) is 26.5 Å². The molecule has 0 saturated heterocycles. The van der Waals surface area contributed by atoms with E-state index in [0.717, 1.165) is 5.75 Å². The molecule has 0 bridgehead atoms. The highest BCUT2D eigenvalue weighted by atomic mass is 35.5. The van der Waals surface area contributed by atoms with Gasteiger partial charge in [0.2, 0.25) is 5.91 Å². The minimum absolute atomic E-state index is 0.180. The second kappa shape index (κ2) is 10.9. The molecule has 0 atom stereocenters. The average Bonchev–Trinajstić information content (AvgIpc) is 2.70. The summed E-state index contributed by atoms with van der Waals surface area (Å²) < 4.78 is 0. The van der Waals surface area contributed by atoms with Crippen LogP contribution in [-0.2, 0) is 10.5 Å². The highest BCUT2D eigenvalue weighted by molar-refractivity contribution is 7.99. The number of hydrogen-bond donors (Lipinski definition) is 3. The number of hydrogen-bond acceptors (Lipinski definition) is 3. The normalized spacial score (nSPS) is 10.7. The van der Waals surface area contributed by atoms with Gasteiger partial charge in [0.1, 0.15) is 0 Å². The Morgan fingerprint density at radius 3 is 2.00 bits per heavy atom. The molecule has 0 aliphatic carbocycles. The number of thiocarbonyl (C=S) groups is 1. The Morgan fingerprint density at radius 2 is 1.40 bits per heavy atom. The summed E-state index contributed by atoms with van der Waals surface area (Å²) in [7, 11) is 0. The number of carbonyl (C=O) groups is 1. The van der Waals surface area contributed by atoms with Gasteiger partial charge in [-0.2, -0.15) is 0 Å². The zero-order chi connectivity index (χ0) is 22.6. The number of nitrogens with one attached hydrogen (secondary N) is 3. The van der Waals surface area contributed by atoms with Gasteiger partial charge < -0.3 is 5.32 Å². The van der Waals surface area contributed by atoms with Gasteiger partial charge in [0.15, 0.2) is 5.11 Å². The van der Waals surface area contributed by atoms with E-state index in [2.05, 4.69) is 50.8 Å². The van der Waals surface area contributed by atoms with Crippen LogP contribution < -0.4 is 16.2 Å². The van der Waals surface area contributed by atoms with Crippen molar-refractivity contribution in [2.24, 2.45) is 0 Å². The van der Waals surface area contributed by atoms with Crippen LogP contribution in [0.2, 0.25) is 15.1 Å². The Hall–Kier alpha value is -1.18. The number of anilines is 1. The van der Waals surface area contributed by atoms with Crippen molar-refractivity contribution in [3.8, 4) is 0 Å². The predicted molar refractivity (Wildman–Crippen MR) is 135 cm³/mol. The summed E-state index contributed by atoms with van der Waals surface area (Å²) in [5, 5.41) is 4.12. The van der Waals surface area contributed by atoms with Gasteiger partial charge in [-0.05, 0) is 92.4 Å². The molecular formula is C21H24Cl3N3OS2. The van der Waals surface area contributed by atoms with Crippen molar-refractivity contribution >= 4 is 75.5 Å². The molecule has 0 aromatic heterocycles. The third-order valence-corrected chi connectivity index (χ3v) is 7.41. The third-order valence-electron chi connectivity index (χ3n) is 5.21. The molecule has 0 fully saturated rings. The van der Waals surface area contributed by atoms with Gasteiger partial charge in [0, 0.05) is 5.75 Å². The van der Waals surface area contributed by atoms with Gasteiger partial charge >= 0.3 is 0 Å². The number of thioether (sulfide) groups is 1. The van der Waals surface area contributed by atoms with Crippen molar-refractivity contribution in [3.05, 3.63) is 60.6 Å². The molecule has 3 N–H and O–H groups in total. The maximum absolute atomic E-state index is 12.2. The van der Waals surface area contributed by atoms with Crippen molar-refractivity contribution in [1.82, 2.24) is 10.9 Å². The number of amides is 1. The second-order valence-corrected chi connectivity index (χ2v) is 9.59. The fraction of sp³-hybridized carbons (Fsp3) is 0.333. The zero-order valence-corrected chi connectivity index (χ0v) is 21.3. The maximum Gasteiger partial charge on any atom is 0.248 e. The molecule has 9 heteroatoms. The largest absolute Gasteiger partial charge is 0.330 e. The molecule has 0 heterocycles. The summed E-state index contributed by atoms with van der Waals surface area (Å²) in [6.07, 6.45) is 0. The van der Waals surface area contributed by atoms with E-state index in [1.807, 2.05) is 0 Å². The second-order valence-electron chi connectivity index (χ2n) is 6.97. The van der Waals surface area contributed by atoms with E-state index in [1.165, 1.54) is 39.4 Å². The summed E-state index contributed by atoms with van der Waals surface area (Å²) in [5.74, 6) is 0.892. The highest BCUT2D eigenvalue weighted by Crippen LogP contribution is 2.32. The minimum Gasteiger partial charge on any atom is -0.330 e. The van der Waals surface area contributed by atoms with Gasteiger partial charge in [0.05, 0.1) is 26.5 Å². The molecule has 4 nitrogen and oxygen atoms in total.